The fraction of sp³-hybridized carbons (Fsp3) is 0.500. The van der Waals surface area contributed by atoms with E-state index in [-0.39, 0.29) is 92.5 Å². The molecule has 0 heterocycles. The van der Waals surface area contributed by atoms with Crippen LogP contribution in [0.25, 0.3) is 0 Å². The van der Waals surface area contributed by atoms with Crippen molar-refractivity contribution < 1.29 is 58.6 Å². The van der Waals surface area contributed by atoms with Gasteiger partial charge in [0, 0.05) is 21.7 Å². The fourth-order valence-electron chi connectivity index (χ4n) is 0. The molecule has 0 atom stereocenters. The van der Waals surface area contributed by atoms with Crippen LogP contribution in [0.1, 0.15) is 0 Å². The molecule has 0 rings (SSSR count). The quantitative estimate of drug-likeness (QED) is 0.487. The van der Waals surface area contributed by atoms with Crippen LogP contribution < -0.4 is 5.11 Å². The SMILES string of the molecule is O=C([O-])CO.[Ba+2].[OH-].[OH-].[OH-].[OH-].[Ti]. The van der Waals surface area contributed by atoms with E-state index < -0.39 is 12.6 Å². The normalized spacial score (nSPS) is 3.36. The zero-order valence-electron chi connectivity index (χ0n) is 5.47. The zero-order chi connectivity index (χ0) is 4.28. The molecule has 0 fully saturated rings. The van der Waals surface area contributed by atoms with E-state index in [2.05, 4.69) is 0 Å². The molecule has 5 N–H and O–H groups in total. The Labute approximate surface area is 118 Å². The first-order valence-electron chi connectivity index (χ1n) is 1.08. The molecule has 66 valence electrons. The molecule has 9 heteroatoms. The van der Waals surface area contributed by atoms with Crippen molar-refractivity contribution in [2.45, 2.75) is 0 Å². The van der Waals surface area contributed by atoms with Gasteiger partial charge in [0.25, 0.3) is 0 Å². The van der Waals surface area contributed by atoms with Gasteiger partial charge in [-0.2, -0.15) is 0 Å². The molecule has 0 saturated carbocycles. The van der Waals surface area contributed by atoms with Gasteiger partial charge >= 0.3 is 48.9 Å². The summed E-state index contributed by atoms with van der Waals surface area (Å²) in [6.45, 7) is -0.889. The van der Waals surface area contributed by atoms with Crippen LogP contribution >= 0.6 is 0 Å². The summed E-state index contributed by atoms with van der Waals surface area (Å²) in [6, 6.07) is 0. The molecule has 0 bridgehead atoms. The van der Waals surface area contributed by atoms with Crippen LogP contribution in [0.3, 0.4) is 0 Å². The number of aliphatic carboxylic acids is 1. The summed E-state index contributed by atoms with van der Waals surface area (Å²) in [5, 5.41) is 16.5. The first kappa shape index (κ1) is 54.3. The third-order valence-corrected chi connectivity index (χ3v) is 0.129. The van der Waals surface area contributed by atoms with E-state index in [0.717, 1.165) is 0 Å². The topological polar surface area (TPSA) is 180 Å². The van der Waals surface area contributed by atoms with Gasteiger partial charge in [0.05, 0.1) is 12.6 Å². The molecule has 7 nitrogen and oxygen atoms in total. The van der Waals surface area contributed by atoms with Gasteiger partial charge in [-0.25, -0.2) is 0 Å². The van der Waals surface area contributed by atoms with Crippen molar-refractivity contribution in [1.82, 2.24) is 0 Å². The van der Waals surface area contributed by atoms with Crippen molar-refractivity contribution in [1.29, 1.82) is 0 Å². The van der Waals surface area contributed by atoms with E-state index >= 15 is 0 Å². The second-order valence-electron chi connectivity index (χ2n) is 0.530. The van der Waals surface area contributed by atoms with E-state index in [0.29, 0.717) is 0 Å². The Bertz CT molecular complexity index is 51.7. The molecule has 0 aliphatic rings. The number of hydrogen-bond donors (Lipinski definition) is 1. The van der Waals surface area contributed by atoms with Crippen LogP contribution in [0.4, 0.5) is 0 Å². The van der Waals surface area contributed by atoms with Gasteiger partial charge in [0.2, 0.25) is 0 Å². The van der Waals surface area contributed by atoms with E-state index in [1.165, 1.54) is 0 Å². The number of carboxylic acid groups (broad SMARTS) is 1. The van der Waals surface area contributed by atoms with Crippen molar-refractivity contribution in [3.63, 3.8) is 0 Å². The van der Waals surface area contributed by atoms with Crippen LogP contribution in [-0.4, -0.2) is 88.5 Å². The zero-order valence-corrected chi connectivity index (χ0v) is 11.5. The Balaban J connectivity index is -0.00000000533. The average Bonchev–Trinajstić information content (AvgIpc) is 1.38. The second-order valence-corrected chi connectivity index (χ2v) is 0.530. The summed E-state index contributed by atoms with van der Waals surface area (Å²) in [5.41, 5.74) is 0. The Morgan fingerprint density at radius 2 is 1.27 bits per heavy atom. The summed E-state index contributed by atoms with van der Waals surface area (Å²) in [7, 11) is 0. The first-order valence-corrected chi connectivity index (χ1v) is 1.08. The smallest absolute Gasteiger partial charge is 0.870 e. The van der Waals surface area contributed by atoms with Crippen LogP contribution in [0.2, 0.25) is 0 Å². The number of aliphatic hydroxyl groups excluding tert-OH is 1. The maximum absolute atomic E-state index is 9.01. The average molecular weight is 328 g/mol. The van der Waals surface area contributed by atoms with Gasteiger partial charge in [0.1, 0.15) is 0 Å². The minimum absolute atomic E-state index is 0. The van der Waals surface area contributed by atoms with E-state index in [1.807, 2.05) is 0 Å². The Hall–Kier alpha value is 1.56. The minimum Gasteiger partial charge on any atom is -0.870 e. The molecular formula is C2H7BaO7Ti-3. The summed E-state index contributed by atoms with van der Waals surface area (Å²) >= 11 is 0. The Kier molecular flexibility index (Phi) is 206. The summed E-state index contributed by atoms with van der Waals surface area (Å²) in [4.78, 5) is 9.01. The predicted octanol–water partition coefficient (Wildman–Crippen LogP) is -3.36. The molecule has 0 aliphatic carbocycles. The van der Waals surface area contributed by atoms with Crippen molar-refractivity contribution in [2.75, 3.05) is 6.61 Å². The number of hydrogen-bond acceptors (Lipinski definition) is 7. The van der Waals surface area contributed by atoms with Gasteiger partial charge < -0.3 is 36.9 Å². The number of carboxylic acids is 1. The first-order chi connectivity index (χ1) is 2.27. The van der Waals surface area contributed by atoms with Crippen molar-refractivity contribution in [2.24, 2.45) is 0 Å². The van der Waals surface area contributed by atoms with Gasteiger partial charge in [-0.15, -0.1) is 0 Å². The summed E-state index contributed by atoms with van der Waals surface area (Å²) in [6.07, 6.45) is 0. The van der Waals surface area contributed by atoms with Gasteiger partial charge in [-0.1, -0.05) is 0 Å². The molecular weight excluding hydrogens is 321 g/mol. The molecule has 0 aliphatic heterocycles. The van der Waals surface area contributed by atoms with Gasteiger partial charge in [-0.05, 0) is 0 Å². The molecule has 0 aromatic heterocycles. The van der Waals surface area contributed by atoms with Crippen molar-refractivity contribution >= 4 is 54.9 Å². The molecule has 0 amide bonds. The van der Waals surface area contributed by atoms with Crippen LogP contribution in [0.15, 0.2) is 0 Å². The largest absolute Gasteiger partial charge is 2.00 e. The van der Waals surface area contributed by atoms with Gasteiger partial charge in [0.15, 0.2) is 0 Å². The van der Waals surface area contributed by atoms with Crippen molar-refractivity contribution in [3.05, 3.63) is 0 Å². The Morgan fingerprint density at radius 3 is 1.27 bits per heavy atom. The second kappa shape index (κ2) is 41.7. The predicted molar refractivity (Wildman–Crippen MR) is 25.6 cm³/mol. The third kappa shape index (κ3) is 83.5. The molecule has 0 saturated heterocycles. The number of rotatable bonds is 1. The molecule has 11 heavy (non-hydrogen) atoms. The minimum atomic E-state index is -1.44. The molecule has 0 radical (unpaired) electrons. The maximum atomic E-state index is 9.01. The monoisotopic (exact) mass is 329 g/mol. The maximum Gasteiger partial charge on any atom is 2.00 e. The molecule has 0 spiro atoms. The van der Waals surface area contributed by atoms with Gasteiger partial charge in [-0.3, -0.25) is 0 Å². The number of carbonyl (C=O) groups excluding carboxylic acids is 1. The molecule has 0 unspecified atom stereocenters. The van der Waals surface area contributed by atoms with E-state index in [1.54, 1.807) is 0 Å². The molecule has 0 aromatic rings. The van der Waals surface area contributed by atoms with Crippen molar-refractivity contribution in [3.8, 4) is 0 Å². The standard InChI is InChI=1S/C2H4O3.Ba.4H2O.Ti/c3-1-2(4)5;;;;;;/h3H,1H2,(H,4,5);;4*1H2;/q;+2;;;;;/p-5. The third-order valence-electron chi connectivity index (χ3n) is 0.129. The van der Waals surface area contributed by atoms with Crippen LogP contribution in [-0.2, 0) is 26.5 Å². The summed E-state index contributed by atoms with van der Waals surface area (Å²) < 4.78 is 0. The van der Waals surface area contributed by atoms with Crippen LogP contribution in [0, 0.1) is 0 Å². The fourth-order valence-corrected chi connectivity index (χ4v) is 0. The molecule has 0 aromatic carbocycles. The number of aliphatic hydroxyl groups is 1. The van der Waals surface area contributed by atoms with E-state index in [9.17, 15) is 0 Å². The number of carbonyl (C=O) groups is 1. The van der Waals surface area contributed by atoms with E-state index in [4.69, 9.17) is 15.0 Å². The summed E-state index contributed by atoms with van der Waals surface area (Å²) in [5.74, 6) is -1.44. The Morgan fingerprint density at radius 1 is 1.18 bits per heavy atom. The van der Waals surface area contributed by atoms with Crippen LogP contribution in [0.5, 0.6) is 0 Å².